The third-order valence-electron chi connectivity index (χ3n) is 4.15. The van der Waals surface area contributed by atoms with Gasteiger partial charge in [0.2, 0.25) is 15.9 Å². The Morgan fingerprint density at radius 1 is 0.964 bits per heavy atom. The first-order chi connectivity index (χ1) is 13.3. The van der Waals surface area contributed by atoms with E-state index in [1.165, 1.54) is 4.57 Å². The van der Waals surface area contributed by atoms with Gasteiger partial charge in [0.15, 0.2) is 0 Å². The Morgan fingerprint density at radius 3 is 2.11 bits per heavy atom. The highest BCUT2D eigenvalue weighted by atomic mass is 32.2. The predicted molar refractivity (Wildman–Crippen MR) is 110 cm³/mol. The third kappa shape index (κ3) is 4.42. The van der Waals surface area contributed by atoms with Crippen molar-refractivity contribution in [1.82, 2.24) is 9.13 Å². The van der Waals surface area contributed by atoms with Crippen LogP contribution in [0.2, 0.25) is 0 Å². The van der Waals surface area contributed by atoms with Gasteiger partial charge in [-0.3, -0.25) is 18.7 Å². The average Bonchev–Trinajstić information content (AvgIpc) is 2.88. The van der Waals surface area contributed by atoms with Crippen LogP contribution in [0.3, 0.4) is 0 Å². The molecule has 1 amide bonds. The molecule has 148 valence electrons. The molecule has 0 fully saturated rings. The van der Waals surface area contributed by atoms with Crippen molar-refractivity contribution < 1.29 is 13.2 Å². The number of para-hydroxylation sites is 2. The van der Waals surface area contributed by atoms with Crippen molar-refractivity contribution in [2.75, 3.05) is 16.3 Å². The number of carbonyl (C=O) groups is 1. The SMILES string of the molecule is CCCn1c(=O)n(CC(=O)Nc2ccc(NS(C)(=O)=O)cc2)c2ccccc21. The van der Waals surface area contributed by atoms with Gasteiger partial charge < -0.3 is 5.32 Å². The van der Waals surface area contributed by atoms with E-state index in [2.05, 4.69) is 10.0 Å². The van der Waals surface area contributed by atoms with E-state index in [0.717, 1.165) is 18.2 Å². The maximum Gasteiger partial charge on any atom is 0.329 e. The van der Waals surface area contributed by atoms with Gasteiger partial charge in [0.1, 0.15) is 6.54 Å². The van der Waals surface area contributed by atoms with E-state index in [9.17, 15) is 18.0 Å². The number of anilines is 2. The van der Waals surface area contributed by atoms with Crippen molar-refractivity contribution in [2.24, 2.45) is 0 Å². The Hall–Kier alpha value is -3.07. The van der Waals surface area contributed by atoms with Crippen molar-refractivity contribution in [3.63, 3.8) is 0 Å². The number of benzene rings is 2. The Bertz CT molecular complexity index is 1160. The first-order valence-corrected chi connectivity index (χ1v) is 10.7. The van der Waals surface area contributed by atoms with Crippen LogP contribution in [0.1, 0.15) is 13.3 Å². The number of nitrogens with one attached hydrogen (secondary N) is 2. The van der Waals surface area contributed by atoms with E-state index in [-0.39, 0.29) is 18.1 Å². The number of aromatic nitrogens is 2. The topological polar surface area (TPSA) is 102 Å². The van der Waals surface area contributed by atoms with Crippen molar-refractivity contribution in [1.29, 1.82) is 0 Å². The number of hydrogen-bond donors (Lipinski definition) is 2. The van der Waals surface area contributed by atoms with E-state index in [1.807, 2.05) is 31.2 Å². The second kappa shape index (κ2) is 7.89. The van der Waals surface area contributed by atoms with Crippen LogP contribution < -0.4 is 15.7 Å². The molecule has 0 radical (unpaired) electrons. The van der Waals surface area contributed by atoms with Gasteiger partial charge in [-0.15, -0.1) is 0 Å². The van der Waals surface area contributed by atoms with E-state index in [0.29, 0.717) is 23.4 Å². The summed E-state index contributed by atoms with van der Waals surface area (Å²) in [4.78, 5) is 25.2. The molecule has 2 N–H and O–H groups in total. The third-order valence-corrected chi connectivity index (χ3v) is 4.75. The lowest BCUT2D eigenvalue weighted by Gasteiger charge is -2.08. The number of amides is 1. The largest absolute Gasteiger partial charge is 0.329 e. The highest BCUT2D eigenvalue weighted by molar-refractivity contribution is 7.92. The zero-order valence-corrected chi connectivity index (χ0v) is 16.5. The van der Waals surface area contributed by atoms with Gasteiger partial charge in [0.05, 0.1) is 17.3 Å². The molecule has 0 aliphatic rings. The van der Waals surface area contributed by atoms with Gasteiger partial charge >= 0.3 is 5.69 Å². The van der Waals surface area contributed by atoms with Gasteiger partial charge in [-0.2, -0.15) is 0 Å². The van der Waals surface area contributed by atoms with E-state index >= 15 is 0 Å². The van der Waals surface area contributed by atoms with E-state index in [1.54, 1.807) is 28.8 Å². The van der Waals surface area contributed by atoms with Crippen LogP contribution in [0.5, 0.6) is 0 Å². The summed E-state index contributed by atoms with van der Waals surface area (Å²) in [7, 11) is -3.36. The second-order valence-corrected chi connectivity index (χ2v) is 8.26. The molecule has 9 heteroatoms. The Labute approximate surface area is 162 Å². The molecule has 0 aliphatic heterocycles. The zero-order valence-electron chi connectivity index (χ0n) is 15.7. The van der Waals surface area contributed by atoms with Crippen molar-refractivity contribution in [3.8, 4) is 0 Å². The number of imidazole rings is 1. The lowest BCUT2D eigenvalue weighted by atomic mass is 10.3. The van der Waals surface area contributed by atoms with Crippen LogP contribution in [0.15, 0.2) is 53.3 Å². The Balaban J connectivity index is 1.79. The highest BCUT2D eigenvalue weighted by Gasteiger charge is 2.15. The number of nitrogens with zero attached hydrogens (tertiary/aromatic N) is 2. The second-order valence-electron chi connectivity index (χ2n) is 6.51. The molecule has 0 spiro atoms. The maximum absolute atomic E-state index is 12.7. The first-order valence-electron chi connectivity index (χ1n) is 8.84. The molecule has 0 bridgehead atoms. The average molecular weight is 402 g/mol. The molecular formula is C19H22N4O4S. The monoisotopic (exact) mass is 402 g/mol. The fourth-order valence-corrected chi connectivity index (χ4v) is 3.61. The standard InChI is InChI=1S/C19H22N4O4S/c1-3-12-22-16-6-4-5-7-17(16)23(19(22)25)13-18(24)20-14-8-10-15(11-9-14)21-28(2,26)27/h4-11,21H,3,12-13H2,1-2H3,(H,20,24). The molecule has 8 nitrogen and oxygen atoms in total. The van der Waals surface area contributed by atoms with Crippen LogP contribution >= 0.6 is 0 Å². The lowest BCUT2D eigenvalue weighted by Crippen LogP contribution is -2.29. The fraction of sp³-hybridized carbons (Fsp3) is 0.263. The number of fused-ring (bicyclic) bond motifs is 1. The number of carbonyl (C=O) groups excluding carboxylic acids is 1. The predicted octanol–water partition coefficient (Wildman–Crippen LogP) is 2.22. The van der Waals surface area contributed by atoms with Crippen LogP contribution in [-0.2, 0) is 27.9 Å². The zero-order chi connectivity index (χ0) is 20.3. The summed E-state index contributed by atoms with van der Waals surface area (Å²) in [5.74, 6) is -0.342. The normalized spacial score (nSPS) is 11.5. The number of rotatable bonds is 7. The summed E-state index contributed by atoms with van der Waals surface area (Å²) in [6, 6.07) is 13.7. The summed E-state index contributed by atoms with van der Waals surface area (Å²) in [5, 5.41) is 2.73. The van der Waals surface area contributed by atoms with Gasteiger partial charge in [-0.25, -0.2) is 13.2 Å². The summed E-state index contributed by atoms with van der Waals surface area (Å²) in [6.45, 7) is 2.47. The minimum atomic E-state index is -3.36. The molecule has 0 saturated carbocycles. The van der Waals surface area contributed by atoms with Gasteiger partial charge in [-0.1, -0.05) is 19.1 Å². The van der Waals surface area contributed by atoms with Crippen LogP contribution in [0.4, 0.5) is 11.4 Å². The van der Waals surface area contributed by atoms with Gasteiger partial charge in [0, 0.05) is 17.9 Å². The quantitative estimate of drug-likeness (QED) is 0.633. The molecule has 2 aromatic carbocycles. The summed E-state index contributed by atoms with van der Waals surface area (Å²) >= 11 is 0. The van der Waals surface area contributed by atoms with Crippen LogP contribution in [0.25, 0.3) is 11.0 Å². The highest BCUT2D eigenvalue weighted by Crippen LogP contribution is 2.16. The summed E-state index contributed by atoms with van der Waals surface area (Å²) in [6.07, 6.45) is 1.88. The number of hydrogen-bond acceptors (Lipinski definition) is 4. The fourth-order valence-electron chi connectivity index (χ4n) is 3.04. The molecule has 0 saturated heterocycles. The van der Waals surface area contributed by atoms with Crippen molar-refractivity contribution >= 4 is 38.3 Å². The minimum Gasteiger partial charge on any atom is -0.325 e. The van der Waals surface area contributed by atoms with E-state index in [4.69, 9.17) is 0 Å². The molecule has 0 aliphatic carbocycles. The minimum absolute atomic E-state index is 0.112. The molecular weight excluding hydrogens is 380 g/mol. The molecule has 1 aromatic heterocycles. The van der Waals surface area contributed by atoms with E-state index < -0.39 is 10.0 Å². The van der Waals surface area contributed by atoms with Crippen molar-refractivity contribution in [2.45, 2.75) is 26.4 Å². The number of aryl methyl sites for hydroxylation is 1. The molecule has 28 heavy (non-hydrogen) atoms. The molecule has 3 rings (SSSR count). The van der Waals surface area contributed by atoms with Gasteiger partial charge in [-0.05, 0) is 42.8 Å². The molecule has 0 unspecified atom stereocenters. The van der Waals surface area contributed by atoms with Crippen LogP contribution in [0, 0.1) is 0 Å². The summed E-state index contributed by atoms with van der Waals surface area (Å²) in [5.41, 5.74) is 2.21. The van der Waals surface area contributed by atoms with Crippen LogP contribution in [-0.4, -0.2) is 29.7 Å². The molecule has 3 aromatic rings. The maximum atomic E-state index is 12.7. The Kier molecular flexibility index (Phi) is 5.55. The molecule has 0 atom stereocenters. The number of sulfonamides is 1. The smallest absolute Gasteiger partial charge is 0.325 e. The summed E-state index contributed by atoms with van der Waals surface area (Å²) < 4.78 is 28.0. The Morgan fingerprint density at radius 2 is 1.54 bits per heavy atom. The molecule has 1 heterocycles. The van der Waals surface area contributed by atoms with Crippen molar-refractivity contribution in [3.05, 3.63) is 59.0 Å². The first kappa shape index (κ1) is 19.7. The lowest BCUT2D eigenvalue weighted by molar-refractivity contribution is -0.116. The van der Waals surface area contributed by atoms with Gasteiger partial charge in [0.25, 0.3) is 0 Å².